The quantitative estimate of drug-likeness (QED) is 0.832. The molecule has 1 aromatic rings. The lowest BCUT2D eigenvalue weighted by Crippen LogP contribution is -2.41. The Kier molecular flexibility index (Phi) is 3.68. The molecule has 4 nitrogen and oxygen atoms in total. The molecule has 6 heteroatoms. The highest BCUT2D eigenvalue weighted by atomic mass is 19.1. The van der Waals surface area contributed by atoms with Gasteiger partial charge in [0.25, 0.3) is 0 Å². The van der Waals surface area contributed by atoms with Gasteiger partial charge in [0.1, 0.15) is 11.4 Å². The third kappa shape index (κ3) is 2.66. The van der Waals surface area contributed by atoms with Gasteiger partial charge in [0.15, 0.2) is 0 Å². The van der Waals surface area contributed by atoms with Crippen LogP contribution in [0.1, 0.15) is 33.3 Å². The van der Waals surface area contributed by atoms with Crippen LogP contribution < -0.4 is 5.59 Å². The second-order valence-corrected chi connectivity index (χ2v) is 5.77. The zero-order valence-electron chi connectivity index (χ0n) is 11.7. The monoisotopic (exact) mass is 267 g/mol. The van der Waals surface area contributed by atoms with E-state index in [2.05, 4.69) is 4.98 Å². The van der Waals surface area contributed by atoms with E-state index < -0.39 is 24.1 Å². The molecule has 2 rings (SSSR count). The number of aliphatic hydroxyl groups excluding tert-OH is 1. The molecule has 0 spiro atoms. The standard InChI is InChI=1S/C13H19BFNO3/c1-12(2)13(3,4)19-14(18-12)11-10(15)7-9(5-6-17)8-16-11/h7-8,17H,5-6H2,1-4H3. The summed E-state index contributed by atoms with van der Waals surface area (Å²) in [6.45, 7) is 7.60. The van der Waals surface area contributed by atoms with Crippen LogP contribution in [-0.2, 0) is 15.7 Å². The van der Waals surface area contributed by atoms with Crippen molar-refractivity contribution in [3.05, 3.63) is 23.6 Å². The van der Waals surface area contributed by atoms with Crippen molar-refractivity contribution in [2.24, 2.45) is 0 Å². The minimum Gasteiger partial charge on any atom is -0.398 e. The van der Waals surface area contributed by atoms with Gasteiger partial charge in [-0.15, -0.1) is 0 Å². The van der Waals surface area contributed by atoms with Gasteiger partial charge in [-0.3, -0.25) is 4.98 Å². The van der Waals surface area contributed by atoms with E-state index in [9.17, 15) is 4.39 Å². The van der Waals surface area contributed by atoms with Crippen LogP contribution in [0.2, 0.25) is 0 Å². The molecule has 0 aliphatic carbocycles. The van der Waals surface area contributed by atoms with Crippen LogP contribution >= 0.6 is 0 Å². The number of rotatable bonds is 3. The highest BCUT2D eigenvalue weighted by Crippen LogP contribution is 2.36. The number of nitrogens with zero attached hydrogens (tertiary/aromatic N) is 1. The number of aliphatic hydroxyl groups is 1. The Hall–Kier alpha value is -0.975. The van der Waals surface area contributed by atoms with Gasteiger partial charge in [0.05, 0.1) is 11.2 Å². The van der Waals surface area contributed by atoms with Crippen molar-refractivity contribution in [1.29, 1.82) is 0 Å². The third-order valence-corrected chi connectivity index (χ3v) is 3.80. The number of pyridine rings is 1. The highest BCUT2D eigenvalue weighted by Gasteiger charge is 2.53. The number of halogens is 1. The van der Waals surface area contributed by atoms with E-state index in [1.54, 1.807) is 6.20 Å². The molecule has 1 aromatic heterocycles. The first-order valence-corrected chi connectivity index (χ1v) is 6.37. The first-order valence-electron chi connectivity index (χ1n) is 6.37. The number of hydrogen-bond acceptors (Lipinski definition) is 4. The van der Waals surface area contributed by atoms with E-state index in [-0.39, 0.29) is 12.2 Å². The van der Waals surface area contributed by atoms with Crippen LogP contribution in [0, 0.1) is 5.82 Å². The molecule has 0 atom stereocenters. The molecule has 2 heterocycles. The predicted octanol–water partition coefficient (Wildman–Crippen LogP) is 1.05. The first kappa shape index (κ1) is 14.4. The fraction of sp³-hybridized carbons (Fsp3) is 0.615. The van der Waals surface area contributed by atoms with Crippen LogP contribution in [-0.4, -0.2) is 35.0 Å². The average molecular weight is 267 g/mol. The van der Waals surface area contributed by atoms with Gasteiger partial charge in [0.2, 0.25) is 0 Å². The summed E-state index contributed by atoms with van der Waals surface area (Å²) in [5.41, 5.74) is -0.230. The summed E-state index contributed by atoms with van der Waals surface area (Å²) in [5, 5.41) is 8.83. The van der Waals surface area contributed by atoms with E-state index in [1.165, 1.54) is 6.07 Å². The Balaban J connectivity index is 2.25. The van der Waals surface area contributed by atoms with Crippen molar-refractivity contribution in [3.63, 3.8) is 0 Å². The topological polar surface area (TPSA) is 51.6 Å². The summed E-state index contributed by atoms with van der Waals surface area (Å²) < 4.78 is 25.5. The second-order valence-electron chi connectivity index (χ2n) is 5.77. The summed E-state index contributed by atoms with van der Waals surface area (Å²) in [5.74, 6) is -0.468. The van der Waals surface area contributed by atoms with Crippen molar-refractivity contribution in [2.75, 3.05) is 6.61 Å². The van der Waals surface area contributed by atoms with Gasteiger partial charge in [-0.2, -0.15) is 0 Å². The predicted molar refractivity (Wildman–Crippen MR) is 70.7 cm³/mol. The van der Waals surface area contributed by atoms with Gasteiger partial charge in [-0.05, 0) is 45.7 Å². The van der Waals surface area contributed by atoms with Crippen molar-refractivity contribution >= 4 is 12.7 Å². The Morgan fingerprint density at radius 1 is 1.26 bits per heavy atom. The maximum atomic E-state index is 14.0. The molecule has 104 valence electrons. The van der Waals surface area contributed by atoms with Crippen molar-refractivity contribution in [3.8, 4) is 0 Å². The van der Waals surface area contributed by atoms with Crippen molar-refractivity contribution in [2.45, 2.75) is 45.3 Å². The SMILES string of the molecule is CC1(C)OB(c2ncc(CCO)cc2F)OC1(C)C. The van der Waals surface area contributed by atoms with Gasteiger partial charge in [-0.1, -0.05) is 0 Å². The van der Waals surface area contributed by atoms with Crippen LogP contribution in [0.15, 0.2) is 12.3 Å². The number of aromatic nitrogens is 1. The molecule has 0 unspecified atom stereocenters. The van der Waals surface area contributed by atoms with Crippen molar-refractivity contribution < 1.29 is 18.8 Å². The van der Waals surface area contributed by atoms with Crippen LogP contribution in [0.5, 0.6) is 0 Å². The minimum absolute atomic E-state index is 0.0308. The van der Waals surface area contributed by atoms with Gasteiger partial charge >= 0.3 is 7.12 Å². The molecule has 1 N–H and O–H groups in total. The molecule has 19 heavy (non-hydrogen) atoms. The second kappa shape index (κ2) is 4.85. The molecule has 0 bridgehead atoms. The summed E-state index contributed by atoms with van der Waals surface area (Å²) >= 11 is 0. The molecule has 1 aliphatic heterocycles. The largest absolute Gasteiger partial charge is 0.517 e. The zero-order chi connectivity index (χ0) is 14.3. The summed E-state index contributed by atoms with van der Waals surface area (Å²) in [7, 11) is -0.798. The van der Waals surface area contributed by atoms with Gasteiger partial charge in [0, 0.05) is 12.8 Å². The molecular formula is C13H19BFNO3. The summed E-state index contributed by atoms with van der Waals surface area (Å²) in [4.78, 5) is 4.07. The van der Waals surface area contributed by atoms with E-state index in [0.29, 0.717) is 12.0 Å². The maximum Gasteiger partial charge on any atom is 0.517 e. The summed E-state index contributed by atoms with van der Waals surface area (Å²) in [6, 6.07) is 1.36. The zero-order valence-corrected chi connectivity index (χ0v) is 11.7. The maximum absolute atomic E-state index is 14.0. The molecule has 1 saturated heterocycles. The minimum atomic E-state index is -0.798. The smallest absolute Gasteiger partial charge is 0.398 e. The molecule has 0 amide bonds. The van der Waals surface area contributed by atoms with Crippen molar-refractivity contribution in [1.82, 2.24) is 4.98 Å². The lowest BCUT2D eigenvalue weighted by molar-refractivity contribution is 0.00578. The van der Waals surface area contributed by atoms with Gasteiger partial charge in [-0.25, -0.2) is 4.39 Å². The van der Waals surface area contributed by atoms with E-state index >= 15 is 0 Å². The Labute approximate surface area is 113 Å². The first-order chi connectivity index (χ1) is 8.77. The lowest BCUT2D eigenvalue weighted by atomic mass is 9.83. The fourth-order valence-corrected chi connectivity index (χ4v) is 1.88. The Morgan fingerprint density at radius 3 is 2.32 bits per heavy atom. The summed E-state index contributed by atoms with van der Waals surface area (Å²) in [6.07, 6.45) is 1.92. The van der Waals surface area contributed by atoms with Crippen LogP contribution in [0.4, 0.5) is 4.39 Å². The van der Waals surface area contributed by atoms with E-state index in [0.717, 1.165) is 0 Å². The van der Waals surface area contributed by atoms with E-state index in [4.69, 9.17) is 14.4 Å². The Bertz CT molecular complexity index is 463. The van der Waals surface area contributed by atoms with Crippen LogP contribution in [0.25, 0.3) is 0 Å². The van der Waals surface area contributed by atoms with E-state index in [1.807, 2.05) is 27.7 Å². The highest BCUT2D eigenvalue weighted by molar-refractivity contribution is 6.61. The number of hydrogen-bond donors (Lipinski definition) is 1. The Morgan fingerprint density at radius 2 is 1.84 bits per heavy atom. The molecule has 0 saturated carbocycles. The normalized spacial score (nSPS) is 20.8. The third-order valence-electron chi connectivity index (χ3n) is 3.80. The average Bonchev–Trinajstić information content (AvgIpc) is 2.48. The fourth-order valence-electron chi connectivity index (χ4n) is 1.88. The lowest BCUT2D eigenvalue weighted by Gasteiger charge is -2.32. The molecule has 1 fully saturated rings. The molecular weight excluding hydrogens is 248 g/mol. The van der Waals surface area contributed by atoms with Gasteiger partial charge < -0.3 is 14.4 Å². The van der Waals surface area contributed by atoms with Crippen LogP contribution in [0.3, 0.4) is 0 Å². The molecule has 0 aromatic carbocycles. The molecule has 0 radical (unpaired) electrons. The molecule has 1 aliphatic rings.